The van der Waals surface area contributed by atoms with E-state index in [2.05, 4.69) is 15.3 Å². The summed E-state index contributed by atoms with van der Waals surface area (Å²) < 4.78 is 21.6. The predicted octanol–water partition coefficient (Wildman–Crippen LogP) is 3.53. The molecule has 0 bridgehead atoms. The van der Waals surface area contributed by atoms with Crippen LogP contribution in [0.4, 0.5) is 11.6 Å². The molecule has 5 heterocycles. The normalized spacial score (nSPS) is 24.6. The van der Waals surface area contributed by atoms with Crippen molar-refractivity contribution in [2.75, 3.05) is 44.8 Å². The summed E-state index contributed by atoms with van der Waals surface area (Å²) in [5, 5.41) is 7.91. The second kappa shape index (κ2) is 10.1. The molecule has 0 spiro atoms. The number of aromatic nitrogens is 5. The molecule has 1 aliphatic carbocycles. The van der Waals surface area contributed by atoms with Gasteiger partial charge in [0.1, 0.15) is 11.6 Å². The fourth-order valence-electron chi connectivity index (χ4n) is 5.60. The molecule has 10 nitrogen and oxygen atoms in total. The summed E-state index contributed by atoms with van der Waals surface area (Å²) in [6.45, 7) is 5.38. The quantitative estimate of drug-likeness (QED) is 0.569. The van der Waals surface area contributed by atoms with Crippen LogP contribution in [0.3, 0.4) is 0 Å². The van der Waals surface area contributed by atoms with Crippen LogP contribution in [0.1, 0.15) is 46.0 Å². The largest absolute Gasteiger partial charge is 0.473 e. The molecule has 35 heavy (non-hydrogen) atoms. The van der Waals surface area contributed by atoms with Crippen LogP contribution in [0.15, 0.2) is 24.7 Å². The Morgan fingerprint density at radius 1 is 0.971 bits per heavy atom. The van der Waals surface area contributed by atoms with Crippen molar-refractivity contribution in [2.24, 2.45) is 7.05 Å². The highest BCUT2D eigenvalue weighted by atomic mass is 16.5. The Balaban J connectivity index is 0.00000267. The Morgan fingerprint density at radius 3 is 2.54 bits per heavy atom. The van der Waals surface area contributed by atoms with Crippen LogP contribution < -0.4 is 10.1 Å². The third-order valence-corrected chi connectivity index (χ3v) is 7.59. The molecule has 3 aromatic heterocycles. The Kier molecular flexibility index (Phi) is 6.58. The van der Waals surface area contributed by atoms with Crippen LogP contribution >= 0.6 is 0 Å². The van der Waals surface area contributed by atoms with Crippen molar-refractivity contribution in [1.82, 2.24) is 29.2 Å². The van der Waals surface area contributed by atoms with Crippen molar-refractivity contribution in [1.29, 1.82) is 0 Å². The number of rotatable bonds is 6. The van der Waals surface area contributed by atoms with E-state index in [0.717, 1.165) is 94.8 Å². The van der Waals surface area contributed by atoms with Gasteiger partial charge in [-0.2, -0.15) is 10.1 Å². The second-order valence-electron chi connectivity index (χ2n) is 9.89. The number of ether oxygens (including phenoxy) is 3. The first kappa shape index (κ1) is 22.8. The SMILES string of the molecule is Cn1ccc2nc(Nc3cnn(C4CCOCC4)c3)nc(OC3CCC(N4CCOCC4)CC3)c21.[HH]. The molecule has 0 atom stereocenters. The van der Waals surface area contributed by atoms with Gasteiger partial charge in [-0.25, -0.2) is 4.98 Å². The topological polar surface area (TPSA) is 91.5 Å². The lowest BCUT2D eigenvalue weighted by Gasteiger charge is -2.38. The number of hydrogen-bond donors (Lipinski definition) is 1. The maximum absolute atomic E-state index is 6.53. The number of hydrogen-bond acceptors (Lipinski definition) is 8. The van der Waals surface area contributed by atoms with Crippen LogP contribution in [0.2, 0.25) is 0 Å². The van der Waals surface area contributed by atoms with Crippen molar-refractivity contribution >= 4 is 22.7 Å². The van der Waals surface area contributed by atoms with Gasteiger partial charge in [0.05, 0.1) is 36.7 Å². The molecule has 1 saturated carbocycles. The van der Waals surface area contributed by atoms with E-state index in [4.69, 9.17) is 24.2 Å². The number of morpholine rings is 1. The Morgan fingerprint density at radius 2 is 1.74 bits per heavy atom. The maximum atomic E-state index is 6.53. The zero-order chi connectivity index (χ0) is 23.6. The second-order valence-corrected chi connectivity index (χ2v) is 9.89. The maximum Gasteiger partial charge on any atom is 0.243 e. The van der Waals surface area contributed by atoms with Crippen molar-refractivity contribution in [3.63, 3.8) is 0 Å². The van der Waals surface area contributed by atoms with Crippen LogP contribution in [-0.2, 0) is 16.5 Å². The molecule has 0 aromatic carbocycles. The lowest BCUT2D eigenvalue weighted by molar-refractivity contribution is -0.00127. The molecule has 2 aliphatic heterocycles. The van der Waals surface area contributed by atoms with Crippen LogP contribution in [0.5, 0.6) is 5.88 Å². The molecule has 0 unspecified atom stereocenters. The van der Waals surface area contributed by atoms with Crippen molar-refractivity contribution in [3.8, 4) is 5.88 Å². The highest BCUT2D eigenvalue weighted by Gasteiger charge is 2.29. The molecule has 190 valence electrons. The molecule has 0 radical (unpaired) electrons. The minimum atomic E-state index is 0. The van der Waals surface area contributed by atoms with E-state index in [-0.39, 0.29) is 7.53 Å². The van der Waals surface area contributed by atoms with Gasteiger partial charge in [0, 0.05) is 53.2 Å². The average Bonchev–Trinajstić information content (AvgIpc) is 3.52. The van der Waals surface area contributed by atoms with Gasteiger partial charge in [0.2, 0.25) is 11.8 Å². The van der Waals surface area contributed by atoms with Gasteiger partial charge < -0.3 is 24.1 Å². The summed E-state index contributed by atoms with van der Waals surface area (Å²) in [7, 11) is 2.01. The molecule has 3 fully saturated rings. The average molecular weight is 484 g/mol. The number of aryl methyl sites for hydroxylation is 1. The summed E-state index contributed by atoms with van der Waals surface area (Å²) in [4.78, 5) is 12.1. The third kappa shape index (κ3) is 5.00. The molecular formula is C25H37N7O3. The molecule has 10 heteroatoms. The fraction of sp³-hybridized carbons (Fsp3) is 0.640. The molecule has 6 rings (SSSR count). The van der Waals surface area contributed by atoms with E-state index in [9.17, 15) is 0 Å². The Hall–Kier alpha value is -2.69. The van der Waals surface area contributed by atoms with Crippen LogP contribution in [0, 0.1) is 0 Å². The van der Waals surface area contributed by atoms with Gasteiger partial charge in [-0.05, 0) is 44.6 Å². The van der Waals surface area contributed by atoms with Crippen molar-refractivity contribution < 1.29 is 15.6 Å². The molecule has 1 N–H and O–H groups in total. The van der Waals surface area contributed by atoms with Crippen molar-refractivity contribution in [3.05, 3.63) is 24.7 Å². The molecule has 0 amide bonds. The van der Waals surface area contributed by atoms with E-state index in [0.29, 0.717) is 23.9 Å². The fourth-order valence-corrected chi connectivity index (χ4v) is 5.60. The molecule has 3 aliphatic rings. The lowest BCUT2D eigenvalue weighted by Crippen LogP contribution is -2.46. The van der Waals surface area contributed by atoms with E-state index in [1.807, 2.05) is 41.0 Å². The summed E-state index contributed by atoms with van der Waals surface area (Å²) >= 11 is 0. The standard InChI is InChI=1S/C25H35N7O3.H2/c1-30-9-6-22-23(30)24(35-21-4-2-19(3-5-21)31-10-14-34-15-11-31)29-25(28-22)27-18-16-26-32(17-18)20-7-12-33-13-8-20;/h6,9,16-17,19-21H,2-5,7-8,10-15H2,1H3,(H,27,28,29);1H. The number of nitrogens with zero attached hydrogens (tertiary/aromatic N) is 6. The monoisotopic (exact) mass is 483 g/mol. The zero-order valence-electron chi connectivity index (χ0n) is 20.4. The molecular weight excluding hydrogens is 446 g/mol. The van der Waals surface area contributed by atoms with E-state index >= 15 is 0 Å². The summed E-state index contributed by atoms with van der Waals surface area (Å²) in [6.07, 6.45) is 12.4. The first-order valence-corrected chi connectivity index (χ1v) is 12.9. The molecule has 3 aromatic rings. The van der Waals surface area contributed by atoms with Gasteiger partial charge in [-0.3, -0.25) is 9.58 Å². The lowest BCUT2D eigenvalue weighted by atomic mass is 9.91. The number of nitrogens with one attached hydrogen (secondary N) is 1. The zero-order valence-corrected chi connectivity index (χ0v) is 20.4. The Bertz CT molecular complexity index is 1130. The van der Waals surface area contributed by atoms with Gasteiger partial charge >= 0.3 is 0 Å². The smallest absolute Gasteiger partial charge is 0.243 e. The predicted molar refractivity (Wildman–Crippen MR) is 134 cm³/mol. The van der Waals surface area contributed by atoms with Gasteiger partial charge in [0.25, 0.3) is 0 Å². The van der Waals surface area contributed by atoms with Crippen LogP contribution in [-0.4, -0.2) is 80.9 Å². The van der Waals surface area contributed by atoms with Gasteiger partial charge in [-0.1, -0.05) is 0 Å². The first-order chi connectivity index (χ1) is 17.2. The minimum absolute atomic E-state index is 0. The summed E-state index contributed by atoms with van der Waals surface area (Å²) in [5.74, 6) is 1.18. The first-order valence-electron chi connectivity index (χ1n) is 12.9. The highest BCUT2D eigenvalue weighted by molar-refractivity contribution is 5.82. The number of anilines is 2. The summed E-state index contributed by atoms with van der Waals surface area (Å²) in [5.41, 5.74) is 2.69. The van der Waals surface area contributed by atoms with Crippen molar-refractivity contribution in [2.45, 2.75) is 56.7 Å². The van der Waals surface area contributed by atoms with E-state index in [1.54, 1.807) is 0 Å². The third-order valence-electron chi connectivity index (χ3n) is 7.59. The van der Waals surface area contributed by atoms with Gasteiger partial charge in [-0.15, -0.1) is 0 Å². The molecule has 2 saturated heterocycles. The number of fused-ring (bicyclic) bond motifs is 1. The highest BCUT2D eigenvalue weighted by Crippen LogP contribution is 2.31. The Labute approximate surface area is 207 Å². The van der Waals surface area contributed by atoms with Gasteiger partial charge in [0.15, 0.2) is 0 Å². The minimum Gasteiger partial charge on any atom is -0.473 e. The summed E-state index contributed by atoms with van der Waals surface area (Å²) in [6, 6.07) is 3.03. The van der Waals surface area contributed by atoms with Crippen LogP contribution in [0.25, 0.3) is 11.0 Å². The van der Waals surface area contributed by atoms with E-state index < -0.39 is 0 Å². The van der Waals surface area contributed by atoms with E-state index in [1.165, 1.54) is 0 Å².